The Morgan fingerprint density at radius 2 is 1.75 bits per heavy atom. The average molecular weight is 452 g/mol. The van der Waals surface area contributed by atoms with Gasteiger partial charge in [-0.05, 0) is 80.7 Å². The van der Waals surface area contributed by atoms with Gasteiger partial charge in [0.2, 0.25) is 5.91 Å². The van der Waals surface area contributed by atoms with Gasteiger partial charge >= 0.3 is 6.18 Å². The Morgan fingerprint density at radius 3 is 2.38 bits per heavy atom. The van der Waals surface area contributed by atoms with Crippen LogP contribution in [-0.4, -0.2) is 43.0 Å². The summed E-state index contributed by atoms with van der Waals surface area (Å²) in [5, 5.41) is 6.67. The van der Waals surface area contributed by atoms with Gasteiger partial charge < -0.3 is 15.5 Å². The number of likely N-dealkylation sites (N-methyl/N-ethyl adjacent to an activating group) is 1. The maximum Gasteiger partial charge on any atom is 0.416 e. The molecule has 2 aliphatic rings. The molecule has 0 unspecified atom stereocenters. The fraction of sp³-hybridized carbons (Fsp3) is 0.640. The van der Waals surface area contributed by atoms with Crippen LogP contribution in [0.3, 0.4) is 0 Å². The van der Waals surface area contributed by atoms with E-state index in [9.17, 15) is 18.0 Å². The van der Waals surface area contributed by atoms with E-state index in [1.165, 1.54) is 12.8 Å². The number of carbonyl (C=O) groups is 1. The quantitative estimate of drug-likeness (QED) is 0.576. The predicted octanol–water partition coefficient (Wildman–Crippen LogP) is 5.12. The fourth-order valence-corrected chi connectivity index (χ4v) is 4.91. The molecule has 2 saturated carbocycles. The number of hydrogen-bond acceptors (Lipinski definition) is 3. The van der Waals surface area contributed by atoms with E-state index in [-0.39, 0.29) is 5.91 Å². The molecule has 0 radical (unpaired) electrons. The van der Waals surface area contributed by atoms with Crippen LogP contribution in [0.2, 0.25) is 0 Å². The van der Waals surface area contributed by atoms with E-state index in [1.807, 2.05) is 11.9 Å². The predicted molar refractivity (Wildman–Crippen MR) is 122 cm³/mol. The van der Waals surface area contributed by atoms with Gasteiger partial charge in [-0.15, -0.1) is 0 Å². The molecule has 4 nitrogen and oxygen atoms in total. The highest BCUT2D eigenvalue weighted by Crippen LogP contribution is 2.32. The van der Waals surface area contributed by atoms with Crippen molar-refractivity contribution in [1.82, 2.24) is 15.5 Å². The second-order valence-corrected chi connectivity index (χ2v) is 9.49. The van der Waals surface area contributed by atoms with Crippen LogP contribution >= 0.6 is 0 Å². The van der Waals surface area contributed by atoms with Crippen molar-refractivity contribution in [1.29, 1.82) is 0 Å². The van der Waals surface area contributed by atoms with Crippen LogP contribution in [0.4, 0.5) is 13.2 Å². The number of halogens is 3. The SMILES string of the molecule is C=C(NCC1CCC(NCC(=O)N(C)C2CCCC2)CC1)c1cc(C)cc(C(F)(F)F)c1. The molecule has 3 rings (SSSR count). The Balaban J connectivity index is 1.39. The molecule has 1 amide bonds. The first kappa shape index (κ1) is 24.6. The minimum atomic E-state index is -4.36. The summed E-state index contributed by atoms with van der Waals surface area (Å²) >= 11 is 0. The lowest BCUT2D eigenvalue weighted by Crippen LogP contribution is -2.44. The van der Waals surface area contributed by atoms with E-state index in [0.29, 0.717) is 47.9 Å². The first-order valence-electron chi connectivity index (χ1n) is 11.7. The molecule has 2 aliphatic carbocycles. The Hall–Kier alpha value is -2.02. The molecule has 0 aliphatic heterocycles. The summed E-state index contributed by atoms with van der Waals surface area (Å²) in [7, 11) is 1.92. The van der Waals surface area contributed by atoms with Gasteiger partial charge in [0.1, 0.15) is 0 Å². The normalized spacial score (nSPS) is 22.0. The summed E-state index contributed by atoms with van der Waals surface area (Å²) in [4.78, 5) is 14.3. The first-order valence-corrected chi connectivity index (χ1v) is 11.7. The second-order valence-electron chi connectivity index (χ2n) is 9.49. The van der Waals surface area contributed by atoms with Crippen LogP contribution < -0.4 is 10.6 Å². The molecule has 2 fully saturated rings. The van der Waals surface area contributed by atoms with E-state index in [4.69, 9.17) is 0 Å². The molecule has 7 heteroatoms. The number of alkyl halides is 3. The van der Waals surface area contributed by atoms with Crippen LogP contribution in [0.15, 0.2) is 24.8 Å². The monoisotopic (exact) mass is 451 g/mol. The fourth-order valence-electron chi connectivity index (χ4n) is 4.91. The van der Waals surface area contributed by atoms with Gasteiger partial charge in [0, 0.05) is 31.4 Å². The third kappa shape index (κ3) is 6.74. The van der Waals surface area contributed by atoms with Crippen molar-refractivity contribution in [3.05, 3.63) is 41.5 Å². The molecule has 1 aromatic carbocycles. The standard InChI is InChI=1S/C25H36F3N3O/c1-17-12-20(14-21(13-17)25(26,27)28)18(2)29-15-19-8-10-22(11-9-19)30-16-24(32)31(3)23-6-4-5-7-23/h12-14,19,22-23,29-30H,2,4-11,15-16H2,1,3H3. The van der Waals surface area contributed by atoms with Gasteiger partial charge in [-0.3, -0.25) is 4.79 Å². The highest BCUT2D eigenvalue weighted by atomic mass is 19.4. The molecule has 2 N–H and O–H groups in total. The van der Waals surface area contributed by atoms with Gasteiger partial charge in [-0.25, -0.2) is 0 Å². The van der Waals surface area contributed by atoms with Crippen molar-refractivity contribution < 1.29 is 18.0 Å². The molecule has 0 atom stereocenters. The summed E-state index contributed by atoms with van der Waals surface area (Å²) < 4.78 is 39.2. The Labute approximate surface area is 189 Å². The zero-order valence-electron chi connectivity index (χ0n) is 19.2. The maximum absolute atomic E-state index is 13.1. The number of rotatable bonds is 8. The molecule has 32 heavy (non-hydrogen) atoms. The highest BCUT2D eigenvalue weighted by molar-refractivity contribution is 5.78. The summed E-state index contributed by atoms with van der Waals surface area (Å²) in [5.41, 5.74) is 0.935. The summed E-state index contributed by atoms with van der Waals surface area (Å²) in [6, 6.07) is 4.79. The van der Waals surface area contributed by atoms with Crippen molar-refractivity contribution in [3.8, 4) is 0 Å². The topological polar surface area (TPSA) is 44.4 Å². The smallest absolute Gasteiger partial charge is 0.385 e. The van der Waals surface area contributed by atoms with Crippen molar-refractivity contribution >= 4 is 11.6 Å². The van der Waals surface area contributed by atoms with E-state index in [0.717, 1.165) is 50.7 Å². The van der Waals surface area contributed by atoms with Gasteiger partial charge in [0.15, 0.2) is 0 Å². The van der Waals surface area contributed by atoms with Crippen molar-refractivity contribution in [2.75, 3.05) is 20.1 Å². The van der Waals surface area contributed by atoms with E-state index in [1.54, 1.807) is 13.0 Å². The van der Waals surface area contributed by atoms with Crippen molar-refractivity contribution in [2.45, 2.75) is 76.6 Å². The molecular formula is C25H36F3N3O. The second kappa shape index (κ2) is 10.7. The summed E-state index contributed by atoms with van der Waals surface area (Å²) in [6.07, 6.45) is 4.35. The van der Waals surface area contributed by atoms with Crippen LogP contribution in [0.5, 0.6) is 0 Å². The molecular weight excluding hydrogens is 415 g/mol. The molecule has 0 saturated heterocycles. The zero-order valence-corrected chi connectivity index (χ0v) is 19.2. The van der Waals surface area contributed by atoms with E-state index >= 15 is 0 Å². The number of aryl methyl sites for hydroxylation is 1. The summed E-state index contributed by atoms with van der Waals surface area (Å²) in [5.74, 6) is 0.627. The number of nitrogens with one attached hydrogen (secondary N) is 2. The molecule has 0 spiro atoms. The van der Waals surface area contributed by atoms with Crippen molar-refractivity contribution in [2.24, 2.45) is 5.92 Å². The zero-order chi connectivity index (χ0) is 23.3. The largest absolute Gasteiger partial charge is 0.416 e. The lowest BCUT2D eigenvalue weighted by Gasteiger charge is -2.31. The summed E-state index contributed by atoms with van der Waals surface area (Å²) in [6.45, 7) is 6.71. The van der Waals surface area contributed by atoms with Crippen LogP contribution in [0, 0.1) is 12.8 Å². The highest BCUT2D eigenvalue weighted by Gasteiger charge is 2.31. The number of amides is 1. The van der Waals surface area contributed by atoms with Gasteiger partial charge in [0.05, 0.1) is 12.1 Å². The van der Waals surface area contributed by atoms with Crippen LogP contribution in [-0.2, 0) is 11.0 Å². The maximum atomic E-state index is 13.1. The van der Waals surface area contributed by atoms with Crippen LogP contribution in [0.25, 0.3) is 5.70 Å². The van der Waals surface area contributed by atoms with Crippen molar-refractivity contribution in [3.63, 3.8) is 0 Å². The van der Waals surface area contributed by atoms with E-state index in [2.05, 4.69) is 17.2 Å². The lowest BCUT2D eigenvalue weighted by molar-refractivity contribution is -0.137. The number of benzene rings is 1. The lowest BCUT2D eigenvalue weighted by atomic mass is 9.86. The number of hydrogen-bond donors (Lipinski definition) is 2. The Morgan fingerprint density at radius 1 is 1.09 bits per heavy atom. The van der Waals surface area contributed by atoms with Gasteiger partial charge in [-0.1, -0.05) is 19.4 Å². The van der Waals surface area contributed by atoms with Gasteiger partial charge in [-0.2, -0.15) is 13.2 Å². The third-order valence-electron chi connectivity index (χ3n) is 7.01. The minimum Gasteiger partial charge on any atom is -0.385 e. The molecule has 178 valence electrons. The number of carbonyl (C=O) groups excluding carboxylic acids is 1. The van der Waals surface area contributed by atoms with Crippen LogP contribution in [0.1, 0.15) is 68.1 Å². The molecule has 1 aromatic rings. The molecule has 0 aromatic heterocycles. The van der Waals surface area contributed by atoms with Gasteiger partial charge in [0.25, 0.3) is 0 Å². The molecule has 0 heterocycles. The third-order valence-corrected chi connectivity index (χ3v) is 7.01. The Bertz CT molecular complexity index is 794. The van der Waals surface area contributed by atoms with E-state index < -0.39 is 11.7 Å². The average Bonchev–Trinajstić information content (AvgIpc) is 3.30. The minimum absolute atomic E-state index is 0.174. The number of nitrogens with zero attached hydrogens (tertiary/aromatic N) is 1. The molecule has 0 bridgehead atoms. The Kier molecular flexibility index (Phi) is 8.26. The first-order chi connectivity index (χ1) is 15.1.